The Labute approximate surface area is 140 Å². The molecule has 0 radical (unpaired) electrons. The van der Waals surface area contributed by atoms with E-state index in [1.54, 1.807) is 44.2 Å². The summed E-state index contributed by atoms with van der Waals surface area (Å²) in [5.41, 5.74) is 0. The third kappa shape index (κ3) is 4.66. The number of benzene rings is 1. The highest BCUT2D eigenvalue weighted by atomic mass is 35.5. The van der Waals surface area contributed by atoms with Crippen LogP contribution in [0.3, 0.4) is 0 Å². The van der Waals surface area contributed by atoms with E-state index in [1.165, 1.54) is 0 Å². The van der Waals surface area contributed by atoms with Gasteiger partial charge in [-0.05, 0) is 31.2 Å². The van der Waals surface area contributed by atoms with E-state index in [4.69, 9.17) is 25.5 Å². The maximum atomic E-state index is 12.2. The standard InChI is InChI=1S/C17H20ClNO4/c1-12(18)15-7-8-16(23-15)17(20)19(2)9-10-22-14-6-4-5-13(11-14)21-3/h4-8,11-12H,9-10H2,1-3H3. The average Bonchev–Trinajstić information content (AvgIpc) is 3.04. The van der Waals surface area contributed by atoms with Crippen molar-refractivity contribution in [3.05, 3.63) is 47.9 Å². The normalized spacial score (nSPS) is 11.8. The number of hydrogen-bond donors (Lipinski definition) is 0. The summed E-state index contributed by atoms with van der Waals surface area (Å²) in [5.74, 6) is 2.07. The fourth-order valence-corrected chi connectivity index (χ4v) is 2.08. The number of hydrogen-bond acceptors (Lipinski definition) is 4. The molecule has 2 aromatic rings. The van der Waals surface area contributed by atoms with Crippen LogP contribution in [0.25, 0.3) is 0 Å². The number of likely N-dealkylation sites (N-methyl/N-ethyl adjacent to an activating group) is 1. The molecule has 1 amide bonds. The van der Waals surface area contributed by atoms with E-state index in [9.17, 15) is 4.79 Å². The van der Waals surface area contributed by atoms with E-state index in [-0.39, 0.29) is 17.0 Å². The molecule has 0 N–H and O–H groups in total. The van der Waals surface area contributed by atoms with Crippen LogP contribution in [0.1, 0.15) is 28.6 Å². The highest BCUT2D eigenvalue weighted by molar-refractivity contribution is 6.20. The fourth-order valence-electron chi connectivity index (χ4n) is 1.96. The number of rotatable bonds is 7. The number of halogens is 1. The number of methoxy groups -OCH3 is 1. The molecule has 0 spiro atoms. The molecule has 6 heteroatoms. The Balaban J connectivity index is 1.85. The summed E-state index contributed by atoms with van der Waals surface area (Å²) in [5, 5.41) is -0.266. The number of furan rings is 1. The Bertz CT molecular complexity index is 654. The molecule has 0 aliphatic carbocycles. The first-order chi connectivity index (χ1) is 11.0. The highest BCUT2D eigenvalue weighted by Gasteiger charge is 2.17. The predicted octanol–water partition coefficient (Wildman–Crippen LogP) is 3.74. The van der Waals surface area contributed by atoms with Crippen molar-refractivity contribution in [3.63, 3.8) is 0 Å². The van der Waals surface area contributed by atoms with Crippen molar-refractivity contribution in [2.24, 2.45) is 0 Å². The van der Waals surface area contributed by atoms with Crippen molar-refractivity contribution in [1.82, 2.24) is 4.90 Å². The predicted molar refractivity (Wildman–Crippen MR) is 88.4 cm³/mol. The quantitative estimate of drug-likeness (QED) is 0.722. The lowest BCUT2D eigenvalue weighted by molar-refractivity contribution is 0.0740. The van der Waals surface area contributed by atoms with E-state index in [0.717, 1.165) is 5.75 Å². The summed E-state index contributed by atoms with van der Waals surface area (Å²) >= 11 is 5.93. The molecule has 1 aromatic heterocycles. The Morgan fingerprint density at radius 2 is 2.04 bits per heavy atom. The second kappa shape index (κ2) is 7.92. The molecular weight excluding hydrogens is 318 g/mol. The van der Waals surface area contributed by atoms with Crippen LogP contribution in [0.4, 0.5) is 0 Å². The van der Waals surface area contributed by atoms with Crippen LogP contribution in [0, 0.1) is 0 Å². The van der Waals surface area contributed by atoms with Crippen molar-refractivity contribution in [1.29, 1.82) is 0 Å². The minimum atomic E-state index is -0.266. The van der Waals surface area contributed by atoms with Gasteiger partial charge in [0.2, 0.25) is 0 Å². The lowest BCUT2D eigenvalue weighted by atomic mass is 10.3. The number of nitrogens with zero attached hydrogens (tertiary/aromatic N) is 1. The summed E-state index contributed by atoms with van der Waals surface area (Å²) in [4.78, 5) is 13.8. The van der Waals surface area contributed by atoms with Gasteiger partial charge in [0.1, 0.15) is 23.9 Å². The Hall–Kier alpha value is -2.14. The Kier molecular flexibility index (Phi) is 5.93. The Morgan fingerprint density at radius 1 is 1.30 bits per heavy atom. The number of ether oxygens (including phenoxy) is 2. The molecule has 0 bridgehead atoms. The molecule has 1 heterocycles. The first-order valence-corrected chi connectivity index (χ1v) is 7.71. The van der Waals surface area contributed by atoms with E-state index in [2.05, 4.69) is 0 Å². The fraction of sp³-hybridized carbons (Fsp3) is 0.353. The monoisotopic (exact) mass is 337 g/mol. The first-order valence-electron chi connectivity index (χ1n) is 7.27. The molecule has 2 rings (SSSR count). The van der Waals surface area contributed by atoms with Gasteiger partial charge in [-0.25, -0.2) is 0 Å². The zero-order valence-corrected chi connectivity index (χ0v) is 14.2. The number of amides is 1. The van der Waals surface area contributed by atoms with Gasteiger partial charge < -0.3 is 18.8 Å². The molecule has 1 atom stereocenters. The van der Waals surface area contributed by atoms with Crippen LogP contribution >= 0.6 is 11.6 Å². The maximum Gasteiger partial charge on any atom is 0.289 e. The van der Waals surface area contributed by atoms with Crippen LogP contribution in [-0.2, 0) is 0 Å². The highest BCUT2D eigenvalue weighted by Crippen LogP contribution is 2.22. The van der Waals surface area contributed by atoms with Crippen LogP contribution in [-0.4, -0.2) is 38.1 Å². The molecule has 23 heavy (non-hydrogen) atoms. The van der Waals surface area contributed by atoms with Crippen molar-refractivity contribution in [2.45, 2.75) is 12.3 Å². The van der Waals surface area contributed by atoms with Gasteiger partial charge in [-0.2, -0.15) is 0 Å². The topological polar surface area (TPSA) is 51.9 Å². The molecule has 0 aliphatic heterocycles. The summed E-state index contributed by atoms with van der Waals surface area (Å²) < 4.78 is 16.2. The van der Waals surface area contributed by atoms with E-state index in [0.29, 0.717) is 24.7 Å². The largest absolute Gasteiger partial charge is 0.497 e. The van der Waals surface area contributed by atoms with E-state index >= 15 is 0 Å². The van der Waals surface area contributed by atoms with Crippen molar-refractivity contribution < 1.29 is 18.7 Å². The molecule has 0 fully saturated rings. The van der Waals surface area contributed by atoms with Gasteiger partial charge in [0, 0.05) is 13.1 Å². The van der Waals surface area contributed by atoms with Gasteiger partial charge in [0.25, 0.3) is 5.91 Å². The van der Waals surface area contributed by atoms with E-state index < -0.39 is 0 Å². The zero-order valence-electron chi connectivity index (χ0n) is 13.4. The Morgan fingerprint density at radius 3 is 2.70 bits per heavy atom. The molecule has 124 valence electrons. The summed E-state index contributed by atoms with van der Waals surface area (Å²) in [6.07, 6.45) is 0. The summed E-state index contributed by atoms with van der Waals surface area (Å²) in [6, 6.07) is 10.7. The summed E-state index contributed by atoms with van der Waals surface area (Å²) in [6.45, 7) is 2.59. The van der Waals surface area contributed by atoms with Gasteiger partial charge in [-0.1, -0.05) is 6.07 Å². The van der Waals surface area contributed by atoms with Gasteiger partial charge in [-0.3, -0.25) is 4.79 Å². The average molecular weight is 338 g/mol. The van der Waals surface area contributed by atoms with Crippen LogP contribution in [0.5, 0.6) is 11.5 Å². The number of alkyl halides is 1. The van der Waals surface area contributed by atoms with Crippen molar-refractivity contribution in [3.8, 4) is 11.5 Å². The van der Waals surface area contributed by atoms with Crippen LogP contribution in [0.15, 0.2) is 40.8 Å². The molecular formula is C17H20ClNO4. The van der Waals surface area contributed by atoms with Gasteiger partial charge in [0.05, 0.1) is 19.0 Å². The second-order valence-corrected chi connectivity index (χ2v) is 5.73. The van der Waals surface area contributed by atoms with Gasteiger partial charge >= 0.3 is 0 Å². The molecule has 5 nitrogen and oxygen atoms in total. The molecule has 0 saturated carbocycles. The smallest absolute Gasteiger partial charge is 0.289 e. The molecule has 1 aromatic carbocycles. The third-order valence-electron chi connectivity index (χ3n) is 3.31. The van der Waals surface area contributed by atoms with Gasteiger partial charge in [0.15, 0.2) is 5.76 Å². The zero-order chi connectivity index (χ0) is 16.8. The SMILES string of the molecule is COc1cccc(OCCN(C)C(=O)c2ccc(C(C)Cl)o2)c1. The number of carbonyl (C=O) groups excluding carboxylic acids is 1. The minimum Gasteiger partial charge on any atom is -0.497 e. The first kappa shape index (κ1) is 17.2. The van der Waals surface area contributed by atoms with E-state index in [1.807, 2.05) is 18.2 Å². The summed E-state index contributed by atoms with van der Waals surface area (Å²) in [7, 11) is 3.30. The minimum absolute atomic E-state index is 0.206. The lowest BCUT2D eigenvalue weighted by Crippen LogP contribution is -2.30. The van der Waals surface area contributed by atoms with Gasteiger partial charge in [-0.15, -0.1) is 11.6 Å². The van der Waals surface area contributed by atoms with Crippen LogP contribution < -0.4 is 9.47 Å². The number of carbonyl (C=O) groups is 1. The van der Waals surface area contributed by atoms with Crippen molar-refractivity contribution >= 4 is 17.5 Å². The maximum absolute atomic E-state index is 12.2. The van der Waals surface area contributed by atoms with Crippen LogP contribution in [0.2, 0.25) is 0 Å². The molecule has 0 saturated heterocycles. The van der Waals surface area contributed by atoms with Crippen molar-refractivity contribution in [2.75, 3.05) is 27.3 Å². The molecule has 1 unspecified atom stereocenters. The molecule has 0 aliphatic rings. The second-order valence-electron chi connectivity index (χ2n) is 5.07. The lowest BCUT2D eigenvalue weighted by Gasteiger charge is -2.16. The third-order valence-corrected chi connectivity index (χ3v) is 3.53.